The summed E-state index contributed by atoms with van der Waals surface area (Å²) in [5, 5.41) is 0. The van der Waals surface area contributed by atoms with Gasteiger partial charge in [0.1, 0.15) is 13.2 Å². The minimum absolute atomic E-state index is 0.0923. The Bertz CT molecular complexity index is 889. The maximum absolute atomic E-state index is 12.1. The van der Waals surface area contributed by atoms with Gasteiger partial charge in [0.05, 0.1) is 12.7 Å². The summed E-state index contributed by atoms with van der Waals surface area (Å²) in [5.41, 5.74) is 2.49. The molecule has 4 nitrogen and oxygen atoms in total. The van der Waals surface area contributed by atoms with Crippen molar-refractivity contribution in [1.29, 1.82) is 0 Å². The van der Waals surface area contributed by atoms with Crippen LogP contribution in [0.2, 0.25) is 0 Å². The van der Waals surface area contributed by atoms with E-state index in [9.17, 15) is 4.79 Å². The normalized spacial score (nSPS) is 10.3. The van der Waals surface area contributed by atoms with Crippen molar-refractivity contribution in [2.75, 3.05) is 7.11 Å². The van der Waals surface area contributed by atoms with Crippen molar-refractivity contribution in [3.63, 3.8) is 0 Å². The summed E-state index contributed by atoms with van der Waals surface area (Å²) >= 11 is 0. The highest BCUT2D eigenvalue weighted by Crippen LogP contribution is 2.41. The Labute approximate surface area is 159 Å². The van der Waals surface area contributed by atoms with Gasteiger partial charge in [-0.15, -0.1) is 0 Å². The van der Waals surface area contributed by atoms with Gasteiger partial charge in [-0.3, -0.25) is 4.79 Å². The largest absolute Gasteiger partial charge is 0.493 e. The second-order valence-electron chi connectivity index (χ2n) is 6.08. The van der Waals surface area contributed by atoms with Gasteiger partial charge in [-0.2, -0.15) is 0 Å². The molecule has 0 spiro atoms. The molecule has 0 amide bonds. The van der Waals surface area contributed by atoms with Gasteiger partial charge in [0.15, 0.2) is 17.3 Å². The molecule has 0 saturated heterocycles. The van der Waals surface area contributed by atoms with Crippen LogP contribution in [0.5, 0.6) is 17.2 Å². The Morgan fingerprint density at radius 3 is 1.74 bits per heavy atom. The van der Waals surface area contributed by atoms with E-state index in [1.165, 1.54) is 6.92 Å². The van der Waals surface area contributed by atoms with E-state index in [-0.39, 0.29) is 5.78 Å². The summed E-state index contributed by atoms with van der Waals surface area (Å²) in [4.78, 5) is 12.1. The number of carbonyl (C=O) groups is 1. The summed E-state index contributed by atoms with van der Waals surface area (Å²) in [6.07, 6.45) is 0. The van der Waals surface area contributed by atoms with Gasteiger partial charge in [-0.1, -0.05) is 60.7 Å². The number of rotatable bonds is 8. The number of ether oxygens (including phenoxy) is 3. The minimum atomic E-state index is -0.0923. The first-order chi connectivity index (χ1) is 13.2. The molecular formula is C23H22O4. The highest BCUT2D eigenvalue weighted by atomic mass is 16.5. The van der Waals surface area contributed by atoms with Crippen molar-refractivity contribution in [1.82, 2.24) is 0 Å². The molecule has 0 N–H and O–H groups in total. The van der Waals surface area contributed by atoms with E-state index in [1.54, 1.807) is 19.2 Å². The third-order valence-electron chi connectivity index (χ3n) is 4.13. The van der Waals surface area contributed by atoms with Crippen LogP contribution in [-0.4, -0.2) is 12.9 Å². The van der Waals surface area contributed by atoms with Crippen molar-refractivity contribution >= 4 is 5.78 Å². The zero-order valence-electron chi connectivity index (χ0n) is 15.5. The average molecular weight is 362 g/mol. The van der Waals surface area contributed by atoms with Crippen molar-refractivity contribution in [2.45, 2.75) is 20.1 Å². The standard InChI is InChI=1S/C23H22O4/c1-17(24)20-13-14-21(25-2)23(27-16-19-11-7-4-8-12-19)22(20)26-15-18-9-5-3-6-10-18/h3-14H,15-16H2,1-2H3. The smallest absolute Gasteiger partial charge is 0.204 e. The van der Waals surface area contributed by atoms with E-state index < -0.39 is 0 Å². The molecule has 27 heavy (non-hydrogen) atoms. The molecule has 0 saturated carbocycles. The van der Waals surface area contributed by atoms with Gasteiger partial charge in [0.25, 0.3) is 0 Å². The third-order valence-corrected chi connectivity index (χ3v) is 4.13. The first kappa shape index (κ1) is 18.5. The number of ketones is 1. The van der Waals surface area contributed by atoms with Crippen LogP contribution in [0.3, 0.4) is 0 Å². The molecule has 3 rings (SSSR count). The van der Waals surface area contributed by atoms with Gasteiger partial charge in [0.2, 0.25) is 5.75 Å². The second kappa shape index (κ2) is 8.90. The second-order valence-corrected chi connectivity index (χ2v) is 6.08. The van der Waals surface area contributed by atoms with Crippen LogP contribution in [0.25, 0.3) is 0 Å². The lowest BCUT2D eigenvalue weighted by atomic mass is 10.1. The lowest BCUT2D eigenvalue weighted by Gasteiger charge is -2.18. The van der Waals surface area contributed by atoms with Crippen LogP contribution in [0, 0.1) is 0 Å². The van der Waals surface area contributed by atoms with Crippen molar-refractivity contribution < 1.29 is 19.0 Å². The lowest BCUT2D eigenvalue weighted by molar-refractivity contribution is 0.101. The highest BCUT2D eigenvalue weighted by molar-refractivity contribution is 5.98. The van der Waals surface area contributed by atoms with Crippen LogP contribution >= 0.6 is 0 Å². The quantitative estimate of drug-likeness (QED) is 0.526. The maximum Gasteiger partial charge on any atom is 0.204 e. The summed E-state index contributed by atoms with van der Waals surface area (Å²) in [7, 11) is 1.57. The van der Waals surface area contributed by atoms with E-state index in [1.807, 2.05) is 60.7 Å². The SMILES string of the molecule is COc1ccc(C(C)=O)c(OCc2ccccc2)c1OCc1ccccc1. The Balaban J connectivity index is 1.92. The molecule has 3 aromatic rings. The Hall–Kier alpha value is -3.27. The van der Waals surface area contributed by atoms with Gasteiger partial charge >= 0.3 is 0 Å². The van der Waals surface area contributed by atoms with Crippen molar-refractivity contribution in [2.24, 2.45) is 0 Å². The molecule has 0 bridgehead atoms. The minimum Gasteiger partial charge on any atom is -0.493 e. The number of methoxy groups -OCH3 is 1. The average Bonchev–Trinajstić information content (AvgIpc) is 2.71. The van der Waals surface area contributed by atoms with Gasteiger partial charge < -0.3 is 14.2 Å². The van der Waals surface area contributed by atoms with E-state index in [0.717, 1.165) is 11.1 Å². The van der Waals surface area contributed by atoms with Crippen LogP contribution < -0.4 is 14.2 Å². The molecule has 138 valence electrons. The van der Waals surface area contributed by atoms with Crippen LogP contribution in [0.4, 0.5) is 0 Å². The van der Waals surface area contributed by atoms with E-state index >= 15 is 0 Å². The fraction of sp³-hybridized carbons (Fsp3) is 0.174. The molecule has 0 radical (unpaired) electrons. The lowest BCUT2D eigenvalue weighted by Crippen LogP contribution is -2.06. The van der Waals surface area contributed by atoms with Crippen LogP contribution in [0.15, 0.2) is 72.8 Å². The summed E-state index contributed by atoms with van der Waals surface area (Å²) < 4.78 is 17.5. The van der Waals surface area contributed by atoms with Gasteiger partial charge in [-0.25, -0.2) is 0 Å². The molecule has 0 aromatic heterocycles. The Morgan fingerprint density at radius 1 is 0.741 bits per heavy atom. The zero-order valence-corrected chi connectivity index (χ0v) is 15.5. The van der Waals surface area contributed by atoms with Crippen molar-refractivity contribution in [3.8, 4) is 17.2 Å². The summed E-state index contributed by atoms with van der Waals surface area (Å²) in [5.74, 6) is 1.27. The highest BCUT2D eigenvalue weighted by Gasteiger charge is 2.20. The predicted molar refractivity (Wildman–Crippen MR) is 105 cm³/mol. The first-order valence-electron chi connectivity index (χ1n) is 8.74. The molecular weight excluding hydrogens is 340 g/mol. The van der Waals surface area contributed by atoms with Crippen LogP contribution in [0.1, 0.15) is 28.4 Å². The van der Waals surface area contributed by atoms with Crippen LogP contribution in [-0.2, 0) is 13.2 Å². The third kappa shape index (κ3) is 4.67. The number of hydrogen-bond acceptors (Lipinski definition) is 4. The Morgan fingerprint density at radius 2 is 1.26 bits per heavy atom. The van der Waals surface area contributed by atoms with E-state index in [2.05, 4.69) is 0 Å². The van der Waals surface area contributed by atoms with E-state index in [0.29, 0.717) is 36.0 Å². The molecule has 4 heteroatoms. The monoisotopic (exact) mass is 362 g/mol. The molecule has 0 fully saturated rings. The van der Waals surface area contributed by atoms with Crippen molar-refractivity contribution in [3.05, 3.63) is 89.5 Å². The summed E-state index contributed by atoms with van der Waals surface area (Å²) in [6.45, 7) is 2.19. The van der Waals surface area contributed by atoms with Gasteiger partial charge in [-0.05, 0) is 30.2 Å². The molecule has 0 aliphatic heterocycles. The first-order valence-corrected chi connectivity index (χ1v) is 8.74. The number of Topliss-reactive ketones (excluding diaryl/α,β-unsaturated/α-hetero) is 1. The molecule has 0 atom stereocenters. The molecule has 0 unspecified atom stereocenters. The number of carbonyl (C=O) groups excluding carboxylic acids is 1. The molecule has 3 aromatic carbocycles. The fourth-order valence-corrected chi connectivity index (χ4v) is 2.72. The molecule has 0 aliphatic rings. The molecule has 0 heterocycles. The maximum atomic E-state index is 12.1. The fourth-order valence-electron chi connectivity index (χ4n) is 2.72. The molecule has 0 aliphatic carbocycles. The predicted octanol–water partition coefficient (Wildman–Crippen LogP) is 5.06. The zero-order chi connectivity index (χ0) is 19.1. The number of hydrogen-bond donors (Lipinski definition) is 0. The topological polar surface area (TPSA) is 44.8 Å². The Kier molecular flexibility index (Phi) is 6.10. The van der Waals surface area contributed by atoms with Gasteiger partial charge in [0, 0.05) is 0 Å². The summed E-state index contributed by atoms with van der Waals surface area (Å²) in [6, 6.07) is 23.0. The van der Waals surface area contributed by atoms with E-state index in [4.69, 9.17) is 14.2 Å². The number of benzene rings is 3.